The van der Waals surface area contributed by atoms with Crippen molar-refractivity contribution in [1.29, 1.82) is 0 Å². The van der Waals surface area contributed by atoms with E-state index in [1.165, 1.54) is 36.9 Å². The van der Waals surface area contributed by atoms with E-state index in [1.54, 1.807) is 21.0 Å². The zero-order valence-corrected chi connectivity index (χ0v) is 49.8. The number of nitrogens with zero attached hydrogens (tertiary/aromatic N) is 4. The summed E-state index contributed by atoms with van der Waals surface area (Å²) in [5.74, 6) is -2.71. The number of amidine groups is 1. The first-order chi connectivity index (χ1) is 39.2. The van der Waals surface area contributed by atoms with Crippen LogP contribution >= 0.6 is 23.2 Å². The number of aliphatic hydroxyl groups excluding tert-OH is 4. The SMILES string of the molecule is C.CC(N)=Nc1cncc(C(=O)O)c1.CNCC(=O)CNC.CNCC(O)CNC.CNCC1(CNC)OCCO1.ClCCl.NCC(O)CN.NCC1(CN)OCCO1.O=C(O)c1cncc(NC2=NCC3(CN2)OCCO3)c1.OCCO. The van der Waals surface area contributed by atoms with E-state index in [4.69, 9.17) is 111 Å². The number of hydrogen-bond acceptors (Lipinski definition) is 29. The van der Waals surface area contributed by atoms with Crippen LogP contribution in [0.4, 0.5) is 11.4 Å². The number of rotatable bonds is 21. The number of ketones is 1. The van der Waals surface area contributed by atoms with Gasteiger partial charge < -0.3 is 130 Å². The Labute approximate surface area is 498 Å². The van der Waals surface area contributed by atoms with Crippen LogP contribution in [0.2, 0.25) is 0 Å². The quantitative estimate of drug-likeness (QED) is 0.0319. The van der Waals surface area contributed by atoms with Crippen molar-refractivity contribution in [3.63, 3.8) is 0 Å². The number of aromatic nitrogens is 2. The van der Waals surface area contributed by atoms with Gasteiger partial charge in [0.1, 0.15) is 0 Å². The number of carbonyl (C=O) groups excluding carboxylic acids is 1. The molecule has 4 aliphatic heterocycles. The fraction of sp³-hybridized carbons (Fsp3) is 0.694. The largest absolute Gasteiger partial charge is 0.478 e. The van der Waals surface area contributed by atoms with Crippen molar-refractivity contribution in [2.75, 3.05) is 184 Å². The molecule has 2 aromatic heterocycles. The number of aromatic carboxylic acids is 2. The molecule has 0 aromatic carbocycles. The standard InChI is InChI=1S/C12H14N4O4.C8H9N3O2.C7H16N2O2.C5H12N2O2.C5H14N2O.C5H12N2O.C3H10N2O.C2H6O2.CH2Cl2.CH4/c17-10(18)8-3-9(5-13-4-8)16-11-14-6-12(7-15-11)19-1-2-20-12;1-5(9)11-7-2-6(8(12)13)3-10-4-7;1-8-5-7(6-9-2)10-3-4-11-7;6-3-5(4-7)8-1-2-9-5;2*1-6-3-5(8)4-7-2;4-1-3(6)2-5;3-1-2-4;2-1-3;/h3-5H,1-2,6-7H2,(H,17,18)(H2,14,15,16);2-4H,1H3,(H2,9,11)(H,12,13);8-9H,3-6H2,1-2H3;1-4,6-7H2;5-8H,3-4H2,1-2H3;6-7H,3-4H2,1-2H3;3,6H,1-2,4-5H2;3-4H,1-2H2;1H2;1H4. The molecule has 3 fully saturated rings. The van der Waals surface area contributed by atoms with Gasteiger partial charge in [0, 0.05) is 51.7 Å². The van der Waals surface area contributed by atoms with Crippen LogP contribution in [0.1, 0.15) is 35.1 Å². The van der Waals surface area contributed by atoms with Gasteiger partial charge in [0.05, 0.1) is 150 Å². The van der Waals surface area contributed by atoms with E-state index in [1.807, 2.05) is 28.2 Å². The Morgan fingerprint density at radius 2 is 1.11 bits per heavy atom. The predicted molar refractivity (Wildman–Crippen MR) is 321 cm³/mol. The number of hydrogen-bond donors (Lipinski definition) is 19. The lowest BCUT2D eigenvalue weighted by atomic mass is 10.2. The Morgan fingerprint density at radius 3 is 1.45 bits per heavy atom. The van der Waals surface area contributed by atoms with Crippen LogP contribution in [0.3, 0.4) is 0 Å². The van der Waals surface area contributed by atoms with Crippen molar-refractivity contribution in [2.24, 2.45) is 38.7 Å². The highest BCUT2D eigenvalue weighted by atomic mass is 35.5. The minimum Gasteiger partial charge on any atom is -0.478 e. The maximum atomic E-state index is 10.9. The lowest BCUT2D eigenvalue weighted by Crippen LogP contribution is -2.52. The molecule has 0 radical (unpaired) electrons. The van der Waals surface area contributed by atoms with Crippen LogP contribution in [0, 0.1) is 0 Å². The van der Waals surface area contributed by atoms with Crippen molar-refractivity contribution < 1.29 is 73.4 Å². The van der Waals surface area contributed by atoms with Crippen LogP contribution in [-0.4, -0.2) is 279 Å². The van der Waals surface area contributed by atoms with E-state index in [0.29, 0.717) is 115 Å². The normalized spacial score (nSPS) is 15.5. The summed E-state index contributed by atoms with van der Waals surface area (Å²) in [6.45, 7) is 10.9. The second-order valence-corrected chi connectivity index (χ2v) is 17.5. The molecule has 0 aliphatic carbocycles. The number of guanidine groups is 1. The molecule has 3 saturated heterocycles. The van der Waals surface area contributed by atoms with Gasteiger partial charge in [-0.1, -0.05) is 7.43 Å². The fourth-order valence-corrected chi connectivity index (χ4v) is 6.09. The van der Waals surface area contributed by atoms with E-state index in [2.05, 4.69) is 62.5 Å². The molecule has 24 N–H and O–H groups in total. The third kappa shape index (κ3) is 42.8. The Morgan fingerprint density at radius 1 is 0.675 bits per heavy atom. The molecule has 0 bridgehead atoms. The third-order valence-electron chi connectivity index (χ3n) is 9.75. The van der Waals surface area contributed by atoms with Gasteiger partial charge in [0.15, 0.2) is 23.3 Å². The number of nitrogens with one attached hydrogen (secondary N) is 8. The first-order valence-corrected chi connectivity index (χ1v) is 26.7. The van der Waals surface area contributed by atoms with Crippen LogP contribution in [0.15, 0.2) is 46.9 Å². The summed E-state index contributed by atoms with van der Waals surface area (Å²) in [4.78, 5) is 47.7. The number of likely N-dealkylation sites (N-methyl/N-ethyl adjacent to an activating group) is 6. The maximum absolute atomic E-state index is 10.9. The minimum absolute atomic E-state index is 0. The molecule has 0 unspecified atom stereocenters. The van der Waals surface area contributed by atoms with Crippen molar-refractivity contribution in [1.82, 2.24) is 47.2 Å². The summed E-state index contributed by atoms with van der Waals surface area (Å²) in [7, 11) is 10.9. The maximum Gasteiger partial charge on any atom is 0.337 e. The molecule has 2 aromatic rings. The Kier molecular flexibility index (Phi) is 55.3. The Hall–Kier alpha value is -4.57. The van der Waals surface area contributed by atoms with E-state index in [9.17, 15) is 14.4 Å². The van der Waals surface area contributed by atoms with Gasteiger partial charge in [0.2, 0.25) is 5.79 Å². The Bertz CT molecular complexity index is 1940. The highest BCUT2D eigenvalue weighted by molar-refractivity contribution is 6.40. The number of aliphatic imine (C=N–C) groups is 2. The van der Waals surface area contributed by atoms with E-state index in [-0.39, 0.29) is 62.1 Å². The molecule has 0 amide bonds. The molecule has 484 valence electrons. The number of carboxylic acids is 2. The van der Waals surface area contributed by atoms with Gasteiger partial charge in [-0.05, 0) is 61.3 Å². The number of aliphatic hydroxyl groups is 4. The molecular weight excluding hydrogens is 1140 g/mol. The van der Waals surface area contributed by atoms with Crippen LogP contribution in [0.25, 0.3) is 0 Å². The molecular formula is C49H99Cl2N17O15. The predicted octanol–water partition coefficient (Wildman–Crippen LogP) is -4.43. The van der Waals surface area contributed by atoms with Gasteiger partial charge in [-0.3, -0.25) is 14.8 Å². The molecule has 34 heteroatoms. The van der Waals surface area contributed by atoms with Gasteiger partial charge >= 0.3 is 11.9 Å². The molecule has 4 aliphatic rings. The number of alkyl halides is 2. The summed E-state index contributed by atoms with van der Waals surface area (Å²) < 4.78 is 32.3. The molecule has 0 saturated carbocycles. The number of ether oxygens (including phenoxy) is 6. The topological polar surface area (TPSA) is 505 Å². The van der Waals surface area contributed by atoms with Crippen molar-refractivity contribution in [2.45, 2.75) is 43.9 Å². The molecule has 1 spiro atoms. The van der Waals surface area contributed by atoms with Gasteiger partial charge in [-0.15, -0.1) is 23.2 Å². The van der Waals surface area contributed by atoms with Crippen LogP contribution < -0.4 is 71.2 Å². The smallest absolute Gasteiger partial charge is 0.337 e. The molecule has 32 nitrogen and oxygen atoms in total. The summed E-state index contributed by atoms with van der Waals surface area (Å²) >= 11 is 9.53. The third-order valence-corrected chi connectivity index (χ3v) is 9.75. The number of Topliss-reactive ketones (excluding diaryl/α,β-unsaturated/α-hetero) is 1. The van der Waals surface area contributed by atoms with Crippen LogP contribution in [0.5, 0.6) is 0 Å². The highest BCUT2D eigenvalue weighted by Crippen LogP contribution is 2.22. The summed E-state index contributed by atoms with van der Waals surface area (Å²) in [6, 6.07) is 2.90. The van der Waals surface area contributed by atoms with Gasteiger partial charge in [0.25, 0.3) is 0 Å². The first kappa shape index (κ1) is 84.9. The lowest BCUT2D eigenvalue weighted by molar-refractivity contribution is -0.148. The molecule has 6 heterocycles. The average Bonchev–Trinajstić information content (AvgIpc) is 4.36. The molecule has 6 rings (SSSR count). The molecule has 0 atom stereocenters. The van der Waals surface area contributed by atoms with Crippen LogP contribution in [-0.2, 0) is 33.2 Å². The summed E-state index contributed by atoms with van der Waals surface area (Å²) in [5.41, 5.74) is 27.1. The van der Waals surface area contributed by atoms with E-state index >= 15 is 0 Å². The van der Waals surface area contributed by atoms with E-state index < -0.39 is 35.4 Å². The minimum atomic E-state index is -1.03. The van der Waals surface area contributed by atoms with Gasteiger partial charge in [-0.2, -0.15) is 0 Å². The summed E-state index contributed by atoms with van der Waals surface area (Å²) in [6.07, 6.45) is 4.76. The highest BCUT2D eigenvalue weighted by Gasteiger charge is 2.39. The average molecular weight is 1240 g/mol. The second-order valence-electron chi connectivity index (χ2n) is 16.7. The second kappa shape index (κ2) is 54.1. The monoisotopic (exact) mass is 1240 g/mol. The number of carboxylic acid groups (broad SMARTS) is 2. The number of halogens is 2. The number of pyridine rings is 2. The summed E-state index contributed by atoms with van der Waals surface area (Å²) in [5, 5.41) is 73.7. The van der Waals surface area contributed by atoms with Crippen molar-refractivity contribution in [3.05, 3.63) is 48.0 Å². The number of carbonyl (C=O) groups is 3. The van der Waals surface area contributed by atoms with Gasteiger partial charge in [-0.25, -0.2) is 19.6 Å². The zero-order chi connectivity index (χ0) is 62.7. The van der Waals surface area contributed by atoms with Crippen molar-refractivity contribution in [3.8, 4) is 0 Å². The van der Waals surface area contributed by atoms with Crippen molar-refractivity contribution >= 4 is 64.1 Å². The van der Waals surface area contributed by atoms with E-state index in [0.717, 1.165) is 13.1 Å². The number of anilines is 1. The lowest BCUT2D eigenvalue weighted by Gasteiger charge is -2.30. The Balaban J connectivity index is -0.000000444. The number of nitrogens with two attached hydrogens (primary N) is 5. The fourth-order valence-electron chi connectivity index (χ4n) is 6.09. The first-order valence-electron chi connectivity index (χ1n) is 25.6. The molecule has 83 heavy (non-hydrogen) atoms. The zero-order valence-electron chi connectivity index (χ0n) is 48.3.